The number of rotatable bonds is 6. The Kier molecular flexibility index (Phi) is 4.42. The first-order valence-corrected chi connectivity index (χ1v) is 6.41. The van der Waals surface area contributed by atoms with Crippen molar-refractivity contribution in [2.45, 2.75) is 38.1 Å². The van der Waals surface area contributed by atoms with Crippen LogP contribution in [0.4, 0.5) is 0 Å². The minimum atomic E-state index is 0.479. The monoisotopic (exact) mass is 212 g/mol. The summed E-state index contributed by atoms with van der Waals surface area (Å²) in [6.45, 7) is 3.71. The van der Waals surface area contributed by atoms with Crippen molar-refractivity contribution in [3.8, 4) is 0 Å². The maximum absolute atomic E-state index is 5.80. The molecule has 2 aliphatic rings. The molecule has 0 spiro atoms. The zero-order valence-electron chi connectivity index (χ0n) is 9.58. The maximum Gasteiger partial charge on any atom is 0.0510 e. The highest BCUT2D eigenvalue weighted by Gasteiger charge is 2.24. The van der Waals surface area contributed by atoms with E-state index in [1.165, 1.54) is 32.1 Å². The first-order valence-electron chi connectivity index (χ1n) is 6.41. The molecule has 1 aliphatic heterocycles. The van der Waals surface area contributed by atoms with Crippen LogP contribution in [0.15, 0.2) is 0 Å². The van der Waals surface area contributed by atoms with E-state index in [4.69, 9.17) is 10.5 Å². The molecule has 0 radical (unpaired) electrons. The summed E-state index contributed by atoms with van der Waals surface area (Å²) in [4.78, 5) is 0. The normalized spacial score (nSPS) is 29.0. The molecule has 1 saturated carbocycles. The summed E-state index contributed by atoms with van der Waals surface area (Å²) in [5, 5.41) is 3.61. The predicted octanol–water partition coefficient (Wildman–Crippen LogP) is 1.13. The van der Waals surface area contributed by atoms with Gasteiger partial charge in [-0.05, 0) is 25.3 Å². The smallest absolute Gasteiger partial charge is 0.0510 e. The van der Waals surface area contributed by atoms with Crippen molar-refractivity contribution in [1.82, 2.24) is 5.32 Å². The van der Waals surface area contributed by atoms with E-state index in [2.05, 4.69) is 5.32 Å². The second-order valence-corrected chi connectivity index (χ2v) is 5.01. The minimum Gasteiger partial charge on any atom is -0.381 e. The lowest BCUT2D eigenvalue weighted by molar-refractivity contribution is 0.176. The molecular formula is C12H24N2O. The largest absolute Gasteiger partial charge is 0.381 e. The van der Waals surface area contributed by atoms with Gasteiger partial charge in [0, 0.05) is 25.1 Å². The van der Waals surface area contributed by atoms with Crippen molar-refractivity contribution in [1.29, 1.82) is 0 Å². The van der Waals surface area contributed by atoms with Gasteiger partial charge in [-0.3, -0.25) is 0 Å². The van der Waals surface area contributed by atoms with E-state index in [0.29, 0.717) is 12.0 Å². The Hall–Kier alpha value is -0.120. The average Bonchev–Trinajstić information content (AvgIpc) is 2.68. The van der Waals surface area contributed by atoms with Crippen LogP contribution < -0.4 is 11.1 Å². The summed E-state index contributed by atoms with van der Waals surface area (Å²) in [5.74, 6) is 1.65. The zero-order chi connectivity index (χ0) is 10.5. The van der Waals surface area contributed by atoms with Crippen LogP contribution in [-0.2, 0) is 4.74 Å². The number of hydrogen-bond acceptors (Lipinski definition) is 3. The van der Waals surface area contributed by atoms with Crippen LogP contribution in [0.2, 0.25) is 0 Å². The highest BCUT2D eigenvalue weighted by atomic mass is 16.5. The van der Waals surface area contributed by atoms with Crippen LogP contribution in [0.3, 0.4) is 0 Å². The van der Waals surface area contributed by atoms with Crippen molar-refractivity contribution in [3.63, 3.8) is 0 Å². The third kappa shape index (κ3) is 3.16. The number of ether oxygens (including phenoxy) is 1. The van der Waals surface area contributed by atoms with Crippen molar-refractivity contribution < 1.29 is 4.74 Å². The van der Waals surface area contributed by atoms with E-state index in [1.807, 2.05) is 0 Å². The van der Waals surface area contributed by atoms with Gasteiger partial charge in [0.25, 0.3) is 0 Å². The van der Waals surface area contributed by atoms with Gasteiger partial charge in [0.1, 0.15) is 0 Å². The van der Waals surface area contributed by atoms with Gasteiger partial charge in [-0.2, -0.15) is 0 Å². The fraction of sp³-hybridized carbons (Fsp3) is 1.00. The highest BCUT2D eigenvalue weighted by Crippen LogP contribution is 2.28. The van der Waals surface area contributed by atoms with Crippen LogP contribution >= 0.6 is 0 Å². The summed E-state index contributed by atoms with van der Waals surface area (Å²) in [6, 6.07) is 0.479. The maximum atomic E-state index is 5.80. The average molecular weight is 212 g/mol. The van der Waals surface area contributed by atoms with Gasteiger partial charge < -0.3 is 15.8 Å². The molecule has 0 amide bonds. The van der Waals surface area contributed by atoms with Gasteiger partial charge in [-0.15, -0.1) is 0 Å². The third-order valence-corrected chi connectivity index (χ3v) is 3.97. The minimum absolute atomic E-state index is 0.479. The van der Waals surface area contributed by atoms with Crippen LogP contribution in [0.25, 0.3) is 0 Å². The van der Waals surface area contributed by atoms with Crippen LogP contribution in [0.1, 0.15) is 32.1 Å². The zero-order valence-corrected chi connectivity index (χ0v) is 9.58. The van der Waals surface area contributed by atoms with Crippen molar-refractivity contribution in [2.75, 3.05) is 26.3 Å². The first-order chi connectivity index (χ1) is 7.40. The van der Waals surface area contributed by atoms with Gasteiger partial charge in [-0.25, -0.2) is 0 Å². The van der Waals surface area contributed by atoms with Crippen LogP contribution in [0.5, 0.6) is 0 Å². The molecule has 0 aromatic heterocycles. The molecule has 15 heavy (non-hydrogen) atoms. The fourth-order valence-electron chi connectivity index (χ4n) is 2.57. The van der Waals surface area contributed by atoms with Crippen LogP contribution in [0, 0.1) is 11.8 Å². The second kappa shape index (κ2) is 5.83. The Balaban J connectivity index is 1.61. The summed E-state index contributed by atoms with van der Waals surface area (Å²) in [5.41, 5.74) is 5.80. The molecule has 1 heterocycles. The molecule has 2 rings (SSSR count). The van der Waals surface area contributed by atoms with Gasteiger partial charge in [-0.1, -0.05) is 19.3 Å². The van der Waals surface area contributed by atoms with Crippen molar-refractivity contribution in [3.05, 3.63) is 0 Å². The molecule has 1 aliphatic carbocycles. The van der Waals surface area contributed by atoms with E-state index < -0.39 is 0 Å². The van der Waals surface area contributed by atoms with E-state index in [-0.39, 0.29) is 0 Å². The molecular weight excluding hydrogens is 188 g/mol. The Morgan fingerprint density at radius 1 is 1.33 bits per heavy atom. The molecule has 88 valence electrons. The summed E-state index contributed by atoms with van der Waals surface area (Å²) >= 11 is 0. The third-order valence-electron chi connectivity index (χ3n) is 3.97. The molecule has 0 bridgehead atoms. The molecule has 2 atom stereocenters. The molecule has 0 aromatic carbocycles. The quantitative estimate of drug-likeness (QED) is 0.694. The summed E-state index contributed by atoms with van der Waals surface area (Å²) in [6.07, 6.45) is 6.85. The number of nitrogens with one attached hydrogen (secondary N) is 1. The van der Waals surface area contributed by atoms with E-state index in [1.54, 1.807) is 0 Å². The topological polar surface area (TPSA) is 47.3 Å². The fourth-order valence-corrected chi connectivity index (χ4v) is 2.57. The molecule has 3 nitrogen and oxygen atoms in total. The summed E-state index contributed by atoms with van der Waals surface area (Å²) < 4.78 is 5.40. The molecule has 3 heteroatoms. The predicted molar refractivity (Wildman–Crippen MR) is 61.7 cm³/mol. The number of hydrogen-bond donors (Lipinski definition) is 2. The van der Waals surface area contributed by atoms with Crippen molar-refractivity contribution in [2.24, 2.45) is 17.6 Å². The van der Waals surface area contributed by atoms with Gasteiger partial charge >= 0.3 is 0 Å². The molecule has 2 unspecified atom stereocenters. The standard InChI is InChI=1S/C12H24N2O/c13-8-12(11-5-7-15-9-11)14-6-4-10-2-1-3-10/h10-12,14H,1-9,13H2. The van der Waals surface area contributed by atoms with E-state index >= 15 is 0 Å². The first kappa shape index (κ1) is 11.4. The lowest BCUT2D eigenvalue weighted by atomic mass is 9.83. The lowest BCUT2D eigenvalue weighted by Crippen LogP contribution is -2.43. The SMILES string of the molecule is NCC(NCCC1CCC1)C1CCOC1. The summed E-state index contributed by atoms with van der Waals surface area (Å²) in [7, 11) is 0. The van der Waals surface area contributed by atoms with Crippen molar-refractivity contribution >= 4 is 0 Å². The molecule has 0 aromatic rings. The molecule has 3 N–H and O–H groups in total. The van der Waals surface area contributed by atoms with E-state index in [9.17, 15) is 0 Å². The molecule has 1 saturated heterocycles. The Morgan fingerprint density at radius 3 is 2.73 bits per heavy atom. The van der Waals surface area contributed by atoms with Crippen LogP contribution in [-0.4, -0.2) is 32.3 Å². The Labute approximate surface area is 92.7 Å². The van der Waals surface area contributed by atoms with Gasteiger partial charge in [0.15, 0.2) is 0 Å². The van der Waals surface area contributed by atoms with Gasteiger partial charge in [0.2, 0.25) is 0 Å². The lowest BCUT2D eigenvalue weighted by Gasteiger charge is -2.27. The van der Waals surface area contributed by atoms with Gasteiger partial charge in [0.05, 0.1) is 6.61 Å². The molecule has 2 fully saturated rings. The highest BCUT2D eigenvalue weighted by molar-refractivity contribution is 4.81. The Morgan fingerprint density at radius 2 is 2.20 bits per heavy atom. The second-order valence-electron chi connectivity index (χ2n) is 5.01. The Bertz CT molecular complexity index is 176. The van der Waals surface area contributed by atoms with E-state index in [0.717, 1.165) is 32.2 Å². The number of nitrogens with two attached hydrogens (primary N) is 1.